The second kappa shape index (κ2) is 12.9. The summed E-state index contributed by atoms with van der Waals surface area (Å²) >= 11 is 1.40. The molecule has 0 bridgehead atoms. The van der Waals surface area contributed by atoms with E-state index in [4.69, 9.17) is 0 Å². The molecular weight excluding hydrogens is 566 g/mol. The number of nitrogens with zero attached hydrogens (tertiary/aromatic N) is 1. The number of anilines is 1. The molecule has 0 aliphatic heterocycles. The molecule has 2 amide bonds. The van der Waals surface area contributed by atoms with E-state index in [9.17, 15) is 14.4 Å². The fourth-order valence-electron chi connectivity index (χ4n) is 5.13. The highest BCUT2D eigenvalue weighted by atomic mass is 32.2. The van der Waals surface area contributed by atoms with Crippen molar-refractivity contribution in [1.82, 2.24) is 9.88 Å². The molecule has 0 unspecified atom stereocenters. The Morgan fingerprint density at radius 2 is 1.39 bits per heavy atom. The van der Waals surface area contributed by atoms with Crippen LogP contribution in [-0.4, -0.2) is 28.0 Å². The second-order valence-electron chi connectivity index (χ2n) is 10.3. The molecular formula is C37H29N3O3S. The van der Waals surface area contributed by atoms with E-state index in [1.54, 1.807) is 41.0 Å². The predicted molar refractivity (Wildman–Crippen MR) is 179 cm³/mol. The number of hydrogen-bond donors (Lipinski definition) is 2. The van der Waals surface area contributed by atoms with Crippen LogP contribution in [0.1, 0.15) is 26.3 Å². The van der Waals surface area contributed by atoms with E-state index < -0.39 is 5.91 Å². The average Bonchev–Trinajstić information content (AvgIpc) is 3.38. The Balaban J connectivity index is 1.20. The number of aromatic nitrogens is 1. The Labute approximate surface area is 259 Å². The van der Waals surface area contributed by atoms with Crippen molar-refractivity contribution in [1.29, 1.82) is 0 Å². The zero-order valence-electron chi connectivity index (χ0n) is 24.0. The highest BCUT2D eigenvalue weighted by Crippen LogP contribution is 2.30. The summed E-state index contributed by atoms with van der Waals surface area (Å²) in [4.78, 5) is 40.8. The standard InChI is InChI=1S/C37H29N3O3S/c1-25-11-9-12-26(21-25)22-32(39-36(42)27-13-3-2-4-14-27)37(43)38-28-15-10-16-29(23-28)44-24-35(41)40-33-19-7-5-17-30(33)31-18-6-8-20-34(31)40/h2-23H,24H2,1H3,(H,38,43)(H,39,42)/b32-22+. The van der Waals surface area contributed by atoms with Crippen LogP contribution < -0.4 is 10.6 Å². The minimum absolute atomic E-state index is 0.0335. The van der Waals surface area contributed by atoms with Crippen molar-refractivity contribution in [2.45, 2.75) is 11.8 Å². The molecule has 0 aliphatic carbocycles. The number of nitrogens with one attached hydrogen (secondary N) is 2. The zero-order valence-corrected chi connectivity index (χ0v) is 24.8. The lowest BCUT2D eigenvalue weighted by molar-refractivity contribution is -0.113. The van der Waals surface area contributed by atoms with Crippen LogP contribution in [0, 0.1) is 6.92 Å². The number of para-hydroxylation sites is 2. The number of carbonyl (C=O) groups is 3. The third-order valence-corrected chi connectivity index (χ3v) is 8.14. The van der Waals surface area contributed by atoms with Crippen LogP contribution >= 0.6 is 11.8 Å². The lowest BCUT2D eigenvalue weighted by Crippen LogP contribution is -2.30. The number of aryl methyl sites for hydroxylation is 1. The van der Waals surface area contributed by atoms with Crippen LogP contribution in [0.25, 0.3) is 27.9 Å². The molecule has 0 saturated heterocycles. The van der Waals surface area contributed by atoms with Gasteiger partial charge in [0.05, 0.1) is 16.8 Å². The summed E-state index contributed by atoms with van der Waals surface area (Å²) in [5, 5.41) is 7.77. The van der Waals surface area contributed by atoms with E-state index in [-0.39, 0.29) is 23.3 Å². The Morgan fingerprint density at radius 3 is 2.09 bits per heavy atom. The van der Waals surface area contributed by atoms with Crippen molar-refractivity contribution >= 4 is 63.1 Å². The van der Waals surface area contributed by atoms with Gasteiger partial charge < -0.3 is 10.6 Å². The first kappa shape index (κ1) is 28.7. The van der Waals surface area contributed by atoms with E-state index in [2.05, 4.69) is 10.6 Å². The fourth-order valence-corrected chi connectivity index (χ4v) is 5.94. The molecule has 0 fully saturated rings. The van der Waals surface area contributed by atoms with Crippen molar-refractivity contribution in [3.05, 3.63) is 150 Å². The maximum atomic E-state index is 13.5. The van der Waals surface area contributed by atoms with Crippen molar-refractivity contribution in [2.24, 2.45) is 0 Å². The molecule has 0 spiro atoms. The summed E-state index contributed by atoms with van der Waals surface area (Å²) < 4.78 is 1.78. The molecule has 6 rings (SSSR count). The first-order valence-corrected chi connectivity index (χ1v) is 15.2. The number of fused-ring (bicyclic) bond motifs is 3. The van der Waals surface area contributed by atoms with Gasteiger partial charge in [-0.1, -0.05) is 90.5 Å². The molecule has 6 aromatic rings. The number of amides is 2. The van der Waals surface area contributed by atoms with Crippen molar-refractivity contribution in [3.63, 3.8) is 0 Å². The summed E-state index contributed by atoms with van der Waals surface area (Å²) in [5.74, 6) is -0.660. The molecule has 6 nitrogen and oxygen atoms in total. The van der Waals surface area contributed by atoms with Gasteiger partial charge >= 0.3 is 0 Å². The Bertz CT molecular complexity index is 1990. The van der Waals surface area contributed by atoms with Gasteiger partial charge in [0.1, 0.15) is 5.70 Å². The SMILES string of the molecule is Cc1cccc(/C=C(/NC(=O)c2ccccc2)C(=O)Nc2cccc(SCC(=O)n3c4ccccc4c4ccccc43)c2)c1. The summed E-state index contributed by atoms with van der Waals surface area (Å²) in [5.41, 5.74) is 4.69. The van der Waals surface area contributed by atoms with Crippen LogP contribution in [0.3, 0.4) is 0 Å². The minimum Gasteiger partial charge on any atom is -0.321 e. The summed E-state index contributed by atoms with van der Waals surface area (Å²) in [7, 11) is 0. The number of rotatable bonds is 8. The zero-order chi connectivity index (χ0) is 30.5. The largest absolute Gasteiger partial charge is 0.321 e. The summed E-state index contributed by atoms with van der Waals surface area (Å²) in [6, 6.07) is 39.6. The van der Waals surface area contributed by atoms with Gasteiger partial charge in [-0.05, 0) is 61.0 Å². The number of thioether (sulfide) groups is 1. The van der Waals surface area contributed by atoms with Crippen molar-refractivity contribution < 1.29 is 14.4 Å². The summed E-state index contributed by atoms with van der Waals surface area (Å²) in [6.07, 6.45) is 1.66. The monoisotopic (exact) mass is 595 g/mol. The number of carbonyl (C=O) groups excluding carboxylic acids is 3. The molecule has 0 saturated carbocycles. The topological polar surface area (TPSA) is 80.2 Å². The normalized spacial score (nSPS) is 11.4. The smallest absolute Gasteiger partial charge is 0.272 e. The van der Waals surface area contributed by atoms with Gasteiger partial charge in [-0.15, -0.1) is 11.8 Å². The van der Waals surface area contributed by atoms with E-state index in [0.717, 1.165) is 37.8 Å². The van der Waals surface area contributed by atoms with Gasteiger partial charge in [-0.3, -0.25) is 19.0 Å². The van der Waals surface area contributed by atoms with Gasteiger partial charge in [0.25, 0.3) is 11.8 Å². The highest BCUT2D eigenvalue weighted by molar-refractivity contribution is 8.00. The molecule has 44 heavy (non-hydrogen) atoms. The van der Waals surface area contributed by atoms with Crippen LogP contribution in [0.15, 0.2) is 138 Å². The van der Waals surface area contributed by atoms with E-state index in [1.807, 2.05) is 104 Å². The van der Waals surface area contributed by atoms with Crippen LogP contribution in [0.4, 0.5) is 5.69 Å². The number of benzene rings is 5. The van der Waals surface area contributed by atoms with Crippen LogP contribution in [-0.2, 0) is 4.79 Å². The van der Waals surface area contributed by atoms with Crippen LogP contribution in [0.5, 0.6) is 0 Å². The molecule has 0 aliphatic rings. The quantitative estimate of drug-likeness (QED) is 0.138. The van der Waals surface area contributed by atoms with E-state index >= 15 is 0 Å². The lowest BCUT2D eigenvalue weighted by Gasteiger charge is -2.12. The van der Waals surface area contributed by atoms with Gasteiger partial charge in [0, 0.05) is 26.9 Å². The van der Waals surface area contributed by atoms with Gasteiger partial charge in [-0.25, -0.2) is 0 Å². The third kappa shape index (κ3) is 6.33. The first-order chi connectivity index (χ1) is 21.5. The third-order valence-electron chi connectivity index (χ3n) is 7.17. The van der Waals surface area contributed by atoms with Gasteiger partial charge in [-0.2, -0.15) is 0 Å². The molecule has 7 heteroatoms. The Morgan fingerprint density at radius 1 is 0.727 bits per heavy atom. The highest BCUT2D eigenvalue weighted by Gasteiger charge is 2.17. The lowest BCUT2D eigenvalue weighted by atomic mass is 10.1. The Kier molecular flexibility index (Phi) is 8.39. The first-order valence-electron chi connectivity index (χ1n) is 14.2. The number of hydrogen-bond acceptors (Lipinski definition) is 4. The average molecular weight is 596 g/mol. The maximum Gasteiger partial charge on any atom is 0.272 e. The molecule has 2 N–H and O–H groups in total. The van der Waals surface area contributed by atoms with E-state index in [1.165, 1.54) is 11.8 Å². The Hall–Kier alpha value is -5.40. The van der Waals surface area contributed by atoms with Crippen molar-refractivity contribution in [3.8, 4) is 0 Å². The maximum absolute atomic E-state index is 13.5. The van der Waals surface area contributed by atoms with Gasteiger partial charge in [0.15, 0.2) is 0 Å². The molecule has 216 valence electrons. The molecule has 0 atom stereocenters. The molecule has 1 aromatic heterocycles. The van der Waals surface area contributed by atoms with E-state index in [0.29, 0.717) is 11.3 Å². The minimum atomic E-state index is -0.459. The molecule has 1 heterocycles. The van der Waals surface area contributed by atoms with Crippen LogP contribution in [0.2, 0.25) is 0 Å². The van der Waals surface area contributed by atoms with Crippen molar-refractivity contribution in [2.75, 3.05) is 11.1 Å². The second-order valence-corrected chi connectivity index (χ2v) is 11.4. The summed E-state index contributed by atoms with van der Waals surface area (Å²) in [6.45, 7) is 1.97. The predicted octanol–water partition coefficient (Wildman–Crippen LogP) is 7.95. The van der Waals surface area contributed by atoms with Gasteiger partial charge in [0.2, 0.25) is 5.91 Å². The fraction of sp³-hybridized carbons (Fsp3) is 0.0541. The molecule has 5 aromatic carbocycles. The molecule has 0 radical (unpaired) electrons.